The maximum absolute atomic E-state index is 5.94. The molecule has 3 fully saturated rings. The molecule has 5 rings (SSSR count). The predicted octanol–water partition coefficient (Wildman–Crippen LogP) is 4.74. The number of nitrogens with two attached hydrogens (primary N) is 2. The Morgan fingerprint density at radius 1 is 0.609 bits per heavy atom. The first-order valence-electron chi connectivity index (χ1n) is 8.88. The number of hydrogen-bond donors (Lipinski definition) is 2. The monoisotopic (exact) mass is 306 g/mol. The van der Waals surface area contributed by atoms with Gasteiger partial charge in [0.05, 0.1) is 0 Å². The molecule has 0 radical (unpaired) electrons. The Bertz CT molecular complexity index is 602. The van der Waals surface area contributed by atoms with Crippen molar-refractivity contribution in [1.29, 1.82) is 0 Å². The van der Waals surface area contributed by atoms with Crippen molar-refractivity contribution in [3.8, 4) is 0 Å². The second kappa shape index (κ2) is 5.59. The van der Waals surface area contributed by atoms with E-state index in [-0.39, 0.29) is 5.41 Å². The second-order valence-electron chi connectivity index (χ2n) is 7.62. The van der Waals surface area contributed by atoms with Crippen LogP contribution in [-0.4, -0.2) is 0 Å². The number of benzene rings is 2. The van der Waals surface area contributed by atoms with Crippen molar-refractivity contribution in [2.75, 3.05) is 11.5 Å². The zero-order valence-corrected chi connectivity index (χ0v) is 13.7. The molecule has 0 spiro atoms. The van der Waals surface area contributed by atoms with Gasteiger partial charge >= 0.3 is 0 Å². The lowest BCUT2D eigenvalue weighted by atomic mass is 9.67. The number of hydrogen-bond acceptors (Lipinski definition) is 2. The molecule has 4 N–H and O–H groups in total. The van der Waals surface area contributed by atoms with Gasteiger partial charge in [-0.1, -0.05) is 49.9 Å². The SMILES string of the molecule is Nc1ccc(C2(c3ccc(N)cc3)CC3CCC(CC3)C2)cc1. The van der Waals surface area contributed by atoms with Crippen molar-refractivity contribution in [3.63, 3.8) is 0 Å². The van der Waals surface area contributed by atoms with E-state index in [1.54, 1.807) is 0 Å². The van der Waals surface area contributed by atoms with Crippen molar-refractivity contribution in [2.24, 2.45) is 11.8 Å². The molecule has 0 amide bonds. The fourth-order valence-corrected chi connectivity index (χ4v) is 4.95. The minimum Gasteiger partial charge on any atom is -0.399 e. The number of anilines is 2. The molecule has 23 heavy (non-hydrogen) atoms. The van der Waals surface area contributed by atoms with Crippen LogP contribution in [0.25, 0.3) is 0 Å². The van der Waals surface area contributed by atoms with E-state index in [1.165, 1.54) is 49.7 Å². The highest BCUT2D eigenvalue weighted by atomic mass is 14.6. The van der Waals surface area contributed by atoms with Gasteiger partial charge in [0, 0.05) is 16.8 Å². The van der Waals surface area contributed by atoms with Crippen LogP contribution >= 0.6 is 0 Å². The van der Waals surface area contributed by atoms with Crippen molar-refractivity contribution >= 4 is 11.4 Å². The molecule has 3 aliphatic rings. The maximum atomic E-state index is 5.94. The first kappa shape index (κ1) is 14.6. The van der Waals surface area contributed by atoms with E-state index in [1.807, 2.05) is 0 Å². The molecule has 2 heteroatoms. The first-order chi connectivity index (χ1) is 11.2. The Morgan fingerprint density at radius 3 is 1.30 bits per heavy atom. The van der Waals surface area contributed by atoms with Crippen LogP contribution in [0, 0.1) is 11.8 Å². The number of nitrogen functional groups attached to an aromatic ring is 2. The molecule has 0 unspecified atom stereocenters. The topological polar surface area (TPSA) is 52.0 Å². The Morgan fingerprint density at radius 2 is 0.957 bits per heavy atom. The summed E-state index contributed by atoms with van der Waals surface area (Å²) < 4.78 is 0. The molecule has 0 saturated heterocycles. The molecule has 3 aliphatic carbocycles. The van der Waals surface area contributed by atoms with Crippen LogP contribution in [0.5, 0.6) is 0 Å². The third-order valence-electron chi connectivity index (χ3n) is 6.17. The van der Waals surface area contributed by atoms with E-state index in [0.29, 0.717) is 0 Å². The predicted molar refractivity (Wildman–Crippen MR) is 97.2 cm³/mol. The van der Waals surface area contributed by atoms with E-state index in [9.17, 15) is 0 Å². The summed E-state index contributed by atoms with van der Waals surface area (Å²) in [7, 11) is 0. The molecule has 3 saturated carbocycles. The Balaban J connectivity index is 1.86. The van der Waals surface area contributed by atoms with Crippen LogP contribution in [0.15, 0.2) is 48.5 Å². The summed E-state index contributed by atoms with van der Waals surface area (Å²) in [5, 5.41) is 0. The Hall–Kier alpha value is -1.96. The standard InChI is InChI=1S/C21H26N2/c22-19-9-5-17(6-10-19)21(18-7-11-20(23)12-8-18)13-15-1-2-16(14-21)4-3-15/h5-12,15-16H,1-4,13-14,22-23H2. The third-order valence-corrected chi connectivity index (χ3v) is 6.17. The average molecular weight is 306 g/mol. The zero-order chi connectivity index (χ0) is 15.9. The summed E-state index contributed by atoms with van der Waals surface area (Å²) >= 11 is 0. The summed E-state index contributed by atoms with van der Waals surface area (Å²) in [5.41, 5.74) is 16.5. The molecule has 0 heterocycles. The fraction of sp³-hybridized carbons (Fsp3) is 0.429. The zero-order valence-electron chi connectivity index (χ0n) is 13.7. The van der Waals surface area contributed by atoms with Gasteiger partial charge in [0.25, 0.3) is 0 Å². The molecule has 0 atom stereocenters. The van der Waals surface area contributed by atoms with E-state index in [4.69, 9.17) is 11.5 Å². The first-order valence-corrected chi connectivity index (χ1v) is 8.88. The van der Waals surface area contributed by atoms with E-state index in [0.717, 1.165) is 23.2 Å². The molecular weight excluding hydrogens is 280 g/mol. The Labute approximate surface area is 138 Å². The van der Waals surface area contributed by atoms with Crippen molar-refractivity contribution in [2.45, 2.75) is 43.9 Å². The Kier molecular flexibility index (Phi) is 3.56. The minimum atomic E-state index is 0.129. The number of fused-ring (bicyclic) bond motifs is 4. The molecular formula is C21H26N2. The van der Waals surface area contributed by atoms with Gasteiger partial charge in [-0.05, 0) is 60.1 Å². The van der Waals surface area contributed by atoms with E-state index in [2.05, 4.69) is 48.5 Å². The fourth-order valence-electron chi connectivity index (χ4n) is 4.95. The van der Waals surface area contributed by atoms with E-state index < -0.39 is 0 Å². The van der Waals surface area contributed by atoms with E-state index >= 15 is 0 Å². The smallest absolute Gasteiger partial charge is 0.0314 e. The van der Waals surface area contributed by atoms with Crippen LogP contribution < -0.4 is 11.5 Å². The lowest BCUT2D eigenvalue weighted by Gasteiger charge is -2.36. The van der Waals surface area contributed by atoms with Gasteiger partial charge < -0.3 is 11.5 Å². The molecule has 2 aromatic rings. The molecule has 120 valence electrons. The van der Waals surface area contributed by atoms with Crippen LogP contribution in [0.2, 0.25) is 0 Å². The van der Waals surface area contributed by atoms with Gasteiger partial charge in [-0.2, -0.15) is 0 Å². The maximum Gasteiger partial charge on any atom is 0.0314 e. The lowest BCUT2D eigenvalue weighted by molar-refractivity contribution is 0.308. The summed E-state index contributed by atoms with van der Waals surface area (Å²) in [5.74, 6) is 1.70. The van der Waals surface area contributed by atoms with Crippen molar-refractivity contribution in [3.05, 3.63) is 59.7 Å². The molecule has 0 aliphatic heterocycles. The van der Waals surface area contributed by atoms with Crippen molar-refractivity contribution < 1.29 is 0 Å². The van der Waals surface area contributed by atoms with Gasteiger partial charge in [-0.25, -0.2) is 0 Å². The van der Waals surface area contributed by atoms with Crippen LogP contribution in [0.4, 0.5) is 11.4 Å². The molecule has 2 bridgehead atoms. The van der Waals surface area contributed by atoms with Crippen LogP contribution in [0.3, 0.4) is 0 Å². The largest absolute Gasteiger partial charge is 0.399 e. The lowest BCUT2D eigenvalue weighted by Crippen LogP contribution is -2.29. The highest BCUT2D eigenvalue weighted by Gasteiger charge is 2.43. The third kappa shape index (κ3) is 2.60. The summed E-state index contributed by atoms with van der Waals surface area (Å²) in [6, 6.07) is 17.2. The van der Waals surface area contributed by atoms with Gasteiger partial charge in [0.1, 0.15) is 0 Å². The van der Waals surface area contributed by atoms with Crippen molar-refractivity contribution in [1.82, 2.24) is 0 Å². The second-order valence-corrected chi connectivity index (χ2v) is 7.62. The number of rotatable bonds is 2. The average Bonchev–Trinajstić information content (AvgIpc) is 2.87. The summed E-state index contributed by atoms with van der Waals surface area (Å²) in [4.78, 5) is 0. The summed E-state index contributed by atoms with van der Waals surface area (Å²) in [6.45, 7) is 0. The normalized spacial score (nSPS) is 25.9. The highest BCUT2D eigenvalue weighted by molar-refractivity contribution is 5.49. The molecule has 0 aromatic heterocycles. The minimum absolute atomic E-state index is 0.129. The summed E-state index contributed by atoms with van der Waals surface area (Å²) in [6.07, 6.45) is 8.12. The molecule has 2 aromatic carbocycles. The quantitative estimate of drug-likeness (QED) is 0.788. The highest BCUT2D eigenvalue weighted by Crippen LogP contribution is 2.52. The van der Waals surface area contributed by atoms with Crippen LogP contribution in [-0.2, 0) is 5.41 Å². The van der Waals surface area contributed by atoms with Gasteiger partial charge in [0.2, 0.25) is 0 Å². The van der Waals surface area contributed by atoms with Gasteiger partial charge in [0.15, 0.2) is 0 Å². The van der Waals surface area contributed by atoms with Gasteiger partial charge in [-0.3, -0.25) is 0 Å². The van der Waals surface area contributed by atoms with Crippen LogP contribution in [0.1, 0.15) is 49.7 Å². The van der Waals surface area contributed by atoms with Gasteiger partial charge in [-0.15, -0.1) is 0 Å². The molecule has 2 nitrogen and oxygen atoms in total.